The lowest BCUT2D eigenvalue weighted by Crippen LogP contribution is -2.31. The van der Waals surface area contributed by atoms with Crippen LogP contribution in [0.2, 0.25) is 0 Å². The lowest BCUT2D eigenvalue weighted by molar-refractivity contribution is 0.0939. The van der Waals surface area contributed by atoms with Crippen LogP contribution in [0.1, 0.15) is 50.9 Å². The molecule has 0 saturated heterocycles. The number of hydrogen-bond acceptors (Lipinski definition) is 3. The number of anilines is 1. The Bertz CT molecular complexity index is 387. The second-order valence-corrected chi connectivity index (χ2v) is 5.32. The van der Waals surface area contributed by atoms with Crippen LogP contribution in [0, 0.1) is 5.92 Å². The van der Waals surface area contributed by atoms with Crippen molar-refractivity contribution in [2.45, 2.75) is 46.6 Å². The Balaban J connectivity index is 2.49. The number of carbonyl (C=O) groups is 1. The van der Waals surface area contributed by atoms with Crippen molar-refractivity contribution in [2.75, 3.05) is 11.9 Å². The predicted molar refractivity (Wildman–Crippen MR) is 79.4 cm³/mol. The summed E-state index contributed by atoms with van der Waals surface area (Å²) in [7, 11) is 0. The number of nitrogens with one attached hydrogen (secondary N) is 2. The van der Waals surface area contributed by atoms with Gasteiger partial charge < -0.3 is 10.6 Å². The van der Waals surface area contributed by atoms with Gasteiger partial charge in [0.05, 0.1) is 5.56 Å². The Morgan fingerprint density at radius 3 is 2.58 bits per heavy atom. The number of pyridine rings is 1. The van der Waals surface area contributed by atoms with Crippen molar-refractivity contribution in [3.63, 3.8) is 0 Å². The maximum atomic E-state index is 11.9. The van der Waals surface area contributed by atoms with Crippen LogP contribution in [0.3, 0.4) is 0 Å². The minimum atomic E-state index is -0.0596. The Labute approximate surface area is 116 Å². The van der Waals surface area contributed by atoms with E-state index in [1.54, 1.807) is 6.20 Å². The molecule has 4 nitrogen and oxygen atoms in total. The van der Waals surface area contributed by atoms with Crippen LogP contribution in [0.15, 0.2) is 18.3 Å². The molecule has 1 aromatic rings. The summed E-state index contributed by atoms with van der Waals surface area (Å²) in [6.45, 7) is 9.33. The third kappa shape index (κ3) is 5.73. The smallest absolute Gasteiger partial charge is 0.253 e. The average molecular weight is 263 g/mol. The Hall–Kier alpha value is -1.58. The van der Waals surface area contributed by atoms with Gasteiger partial charge in [-0.1, -0.05) is 20.8 Å². The number of carbonyl (C=O) groups excluding carboxylic acids is 1. The molecule has 1 atom stereocenters. The molecule has 0 aliphatic heterocycles. The highest BCUT2D eigenvalue weighted by Gasteiger charge is 2.08. The van der Waals surface area contributed by atoms with E-state index in [4.69, 9.17) is 0 Å². The van der Waals surface area contributed by atoms with E-state index in [9.17, 15) is 4.79 Å². The van der Waals surface area contributed by atoms with Gasteiger partial charge in [0.2, 0.25) is 0 Å². The van der Waals surface area contributed by atoms with Gasteiger partial charge >= 0.3 is 0 Å². The Morgan fingerprint density at radius 1 is 1.32 bits per heavy atom. The fourth-order valence-electron chi connectivity index (χ4n) is 1.53. The number of amides is 1. The van der Waals surface area contributed by atoms with Gasteiger partial charge in [-0.3, -0.25) is 4.79 Å². The van der Waals surface area contributed by atoms with Crippen molar-refractivity contribution in [2.24, 2.45) is 5.92 Å². The average Bonchev–Trinajstić information content (AvgIpc) is 2.38. The van der Waals surface area contributed by atoms with Crippen molar-refractivity contribution in [3.8, 4) is 0 Å². The molecule has 4 heteroatoms. The van der Waals surface area contributed by atoms with Gasteiger partial charge in [-0.2, -0.15) is 0 Å². The minimum absolute atomic E-state index is 0.0596. The highest BCUT2D eigenvalue weighted by molar-refractivity contribution is 5.94. The summed E-state index contributed by atoms with van der Waals surface area (Å²) in [6.07, 6.45) is 3.65. The summed E-state index contributed by atoms with van der Waals surface area (Å²) in [5, 5.41) is 6.18. The van der Waals surface area contributed by atoms with Crippen LogP contribution < -0.4 is 10.6 Å². The van der Waals surface area contributed by atoms with Gasteiger partial charge in [0, 0.05) is 18.8 Å². The zero-order valence-corrected chi connectivity index (χ0v) is 12.4. The summed E-state index contributed by atoms with van der Waals surface area (Å²) in [4.78, 5) is 16.1. The summed E-state index contributed by atoms with van der Waals surface area (Å²) in [6, 6.07) is 3.85. The fraction of sp³-hybridized carbons (Fsp3) is 0.600. The van der Waals surface area contributed by atoms with Gasteiger partial charge in [0.15, 0.2) is 0 Å². The number of rotatable bonds is 7. The van der Waals surface area contributed by atoms with E-state index in [1.165, 1.54) is 0 Å². The van der Waals surface area contributed by atoms with E-state index in [0.717, 1.165) is 25.2 Å². The first kappa shape index (κ1) is 15.5. The maximum Gasteiger partial charge on any atom is 0.253 e. The van der Waals surface area contributed by atoms with Crippen LogP contribution in [0.5, 0.6) is 0 Å². The molecule has 0 aliphatic carbocycles. The molecular weight excluding hydrogens is 238 g/mol. The molecule has 106 valence electrons. The molecule has 0 radical (unpaired) electrons. The van der Waals surface area contributed by atoms with E-state index < -0.39 is 0 Å². The first-order valence-corrected chi connectivity index (χ1v) is 7.03. The number of hydrogen-bond donors (Lipinski definition) is 2. The van der Waals surface area contributed by atoms with Crippen LogP contribution in [0.25, 0.3) is 0 Å². The second-order valence-electron chi connectivity index (χ2n) is 5.32. The lowest BCUT2D eigenvalue weighted by Gasteiger charge is -2.11. The molecule has 0 bridgehead atoms. The molecule has 0 spiro atoms. The topological polar surface area (TPSA) is 54.0 Å². The SMILES string of the molecule is CCC(C)NC(=O)c1ccc(NCCC(C)C)nc1. The molecule has 0 aromatic carbocycles. The molecule has 0 saturated carbocycles. The standard InChI is InChI=1S/C15H25N3O/c1-5-12(4)18-15(19)13-6-7-14(17-10-13)16-9-8-11(2)3/h6-7,10-12H,5,8-9H2,1-4H3,(H,16,17)(H,18,19). The maximum absolute atomic E-state index is 11.9. The van der Waals surface area contributed by atoms with E-state index in [2.05, 4.69) is 29.5 Å². The number of aromatic nitrogens is 1. The Morgan fingerprint density at radius 2 is 2.05 bits per heavy atom. The zero-order chi connectivity index (χ0) is 14.3. The molecular formula is C15H25N3O. The zero-order valence-electron chi connectivity index (χ0n) is 12.4. The second kappa shape index (κ2) is 7.77. The quantitative estimate of drug-likeness (QED) is 0.795. The predicted octanol–water partition coefficient (Wildman–Crippen LogP) is 3.07. The highest BCUT2D eigenvalue weighted by Crippen LogP contribution is 2.07. The van der Waals surface area contributed by atoms with Crippen LogP contribution in [-0.4, -0.2) is 23.5 Å². The lowest BCUT2D eigenvalue weighted by atomic mass is 10.1. The summed E-state index contributed by atoms with van der Waals surface area (Å²) in [5.41, 5.74) is 0.606. The Kier molecular flexibility index (Phi) is 6.33. The van der Waals surface area contributed by atoms with Crippen LogP contribution >= 0.6 is 0 Å². The normalized spacial score (nSPS) is 12.3. The van der Waals surface area contributed by atoms with E-state index in [-0.39, 0.29) is 11.9 Å². The summed E-state index contributed by atoms with van der Waals surface area (Å²) >= 11 is 0. The van der Waals surface area contributed by atoms with E-state index in [1.807, 2.05) is 26.0 Å². The minimum Gasteiger partial charge on any atom is -0.370 e. The van der Waals surface area contributed by atoms with Gasteiger partial charge in [0.25, 0.3) is 5.91 Å². The molecule has 1 rings (SSSR count). The molecule has 0 fully saturated rings. The molecule has 0 aliphatic rings. The number of nitrogens with zero attached hydrogens (tertiary/aromatic N) is 1. The molecule has 1 amide bonds. The molecule has 1 unspecified atom stereocenters. The van der Waals surface area contributed by atoms with Crippen LogP contribution in [0.4, 0.5) is 5.82 Å². The molecule has 19 heavy (non-hydrogen) atoms. The largest absolute Gasteiger partial charge is 0.370 e. The van der Waals surface area contributed by atoms with E-state index in [0.29, 0.717) is 11.5 Å². The highest BCUT2D eigenvalue weighted by atomic mass is 16.1. The summed E-state index contributed by atoms with van der Waals surface area (Å²) < 4.78 is 0. The monoisotopic (exact) mass is 263 g/mol. The van der Waals surface area contributed by atoms with E-state index >= 15 is 0 Å². The van der Waals surface area contributed by atoms with Crippen LogP contribution in [-0.2, 0) is 0 Å². The fourth-order valence-corrected chi connectivity index (χ4v) is 1.53. The third-order valence-electron chi connectivity index (χ3n) is 3.04. The van der Waals surface area contributed by atoms with Gasteiger partial charge in [-0.05, 0) is 37.8 Å². The summed E-state index contributed by atoms with van der Waals surface area (Å²) in [5.74, 6) is 1.43. The molecule has 1 heterocycles. The van der Waals surface area contributed by atoms with Gasteiger partial charge in [0.1, 0.15) is 5.82 Å². The van der Waals surface area contributed by atoms with Crippen molar-refractivity contribution < 1.29 is 4.79 Å². The first-order valence-electron chi connectivity index (χ1n) is 7.03. The third-order valence-corrected chi connectivity index (χ3v) is 3.04. The first-order chi connectivity index (χ1) is 9.02. The molecule has 1 aromatic heterocycles. The van der Waals surface area contributed by atoms with Crippen molar-refractivity contribution in [3.05, 3.63) is 23.9 Å². The van der Waals surface area contributed by atoms with Crippen molar-refractivity contribution in [1.82, 2.24) is 10.3 Å². The van der Waals surface area contributed by atoms with Gasteiger partial charge in [-0.15, -0.1) is 0 Å². The van der Waals surface area contributed by atoms with Crippen molar-refractivity contribution >= 4 is 11.7 Å². The molecule has 2 N–H and O–H groups in total. The van der Waals surface area contributed by atoms with Crippen molar-refractivity contribution in [1.29, 1.82) is 0 Å². The van der Waals surface area contributed by atoms with Gasteiger partial charge in [-0.25, -0.2) is 4.98 Å².